The first kappa shape index (κ1) is 9.16. The molecule has 80 valence electrons. The van der Waals surface area contributed by atoms with Gasteiger partial charge in [0.1, 0.15) is 5.76 Å². The Bertz CT molecular complexity index is 383. The molecule has 1 aromatic rings. The van der Waals surface area contributed by atoms with Crippen LogP contribution in [-0.4, -0.2) is 11.2 Å². The van der Waals surface area contributed by atoms with Crippen molar-refractivity contribution < 1.29 is 4.52 Å². The van der Waals surface area contributed by atoms with Crippen LogP contribution in [0.25, 0.3) is 0 Å². The lowest BCUT2D eigenvalue weighted by Crippen LogP contribution is -2.47. The lowest BCUT2D eigenvalue weighted by Gasteiger charge is -2.40. The van der Waals surface area contributed by atoms with Crippen LogP contribution >= 0.6 is 0 Å². The molecule has 3 heteroatoms. The van der Waals surface area contributed by atoms with Crippen LogP contribution in [0.5, 0.6) is 0 Å². The highest BCUT2D eigenvalue weighted by atomic mass is 16.5. The summed E-state index contributed by atoms with van der Waals surface area (Å²) in [6, 6.07) is 2.65. The van der Waals surface area contributed by atoms with Crippen LogP contribution in [0.4, 0.5) is 0 Å². The number of nitrogens with zero attached hydrogens (tertiary/aromatic N) is 1. The third-order valence-electron chi connectivity index (χ3n) is 3.58. The lowest BCUT2D eigenvalue weighted by atomic mass is 9.71. The molecule has 1 N–H and O–H groups in total. The second kappa shape index (κ2) is 3.49. The number of hydrogen-bond donors (Lipinski definition) is 1. The third-order valence-corrected chi connectivity index (χ3v) is 3.58. The van der Waals surface area contributed by atoms with E-state index < -0.39 is 0 Å². The van der Waals surface area contributed by atoms with Gasteiger partial charge in [-0.3, -0.25) is 0 Å². The Morgan fingerprint density at radius 3 is 3.27 bits per heavy atom. The molecule has 1 fully saturated rings. The summed E-state index contributed by atoms with van der Waals surface area (Å²) in [5, 5.41) is 7.52. The topological polar surface area (TPSA) is 38.1 Å². The molecule has 3 unspecified atom stereocenters. The van der Waals surface area contributed by atoms with Crippen LogP contribution < -0.4 is 5.32 Å². The summed E-state index contributed by atoms with van der Waals surface area (Å²) in [5.41, 5.74) is 1.01. The average molecular weight is 204 g/mol. The van der Waals surface area contributed by atoms with E-state index >= 15 is 0 Å². The highest BCUT2D eigenvalue weighted by Gasteiger charge is 2.40. The first-order chi connectivity index (χ1) is 7.33. The molecule has 3 atom stereocenters. The first-order valence-electron chi connectivity index (χ1n) is 5.65. The smallest absolute Gasteiger partial charge is 0.133 e. The summed E-state index contributed by atoms with van der Waals surface area (Å²) < 4.78 is 5.03. The number of nitrogens with one attached hydrogen (secondary N) is 1. The normalized spacial score (nSPS) is 32.7. The van der Waals surface area contributed by atoms with Gasteiger partial charge in [0, 0.05) is 18.7 Å². The van der Waals surface area contributed by atoms with Gasteiger partial charge in [-0.1, -0.05) is 17.3 Å². The van der Waals surface area contributed by atoms with E-state index in [9.17, 15) is 0 Å². The molecule has 15 heavy (non-hydrogen) atoms. The zero-order valence-electron chi connectivity index (χ0n) is 8.94. The Morgan fingerprint density at radius 2 is 2.53 bits per heavy atom. The van der Waals surface area contributed by atoms with Gasteiger partial charge >= 0.3 is 0 Å². The summed E-state index contributed by atoms with van der Waals surface area (Å²) in [6.45, 7) is 2.76. The Morgan fingerprint density at radius 1 is 1.60 bits per heavy atom. The predicted molar refractivity (Wildman–Crippen MR) is 57.2 cm³/mol. The first-order valence-corrected chi connectivity index (χ1v) is 5.65. The number of rotatable bonds is 3. The van der Waals surface area contributed by atoms with Gasteiger partial charge in [0.15, 0.2) is 0 Å². The van der Waals surface area contributed by atoms with Crippen molar-refractivity contribution in [3.05, 3.63) is 29.7 Å². The fourth-order valence-electron chi connectivity index (χ4n) is 2.68. The van der Waals surface area contributed by atoms with E-state index in [2.05, 4.69) is 22.6 Å². The molecule has 0 radical (unpaired) electrons. The molecule has 0 amide bonds. The van der Waals surface area contributed by atoms with Crippen molar-refractivity contribution in [1.29, 1.82) is 0 Å². The highest BCUT2D eigenvalue weighted by Crippen LogP contribution is 2.42. The fraction of sp³-hybridized carbons (Fsp3) is 0.583. The maximum atomic E-state index is 5.03. The van der Waals surface area contributed by atoms with E-state index in [4.69, 9.17) is 4.52 Å². The van der Waals surface area contributed by atoms with Crippen molar-refractivity contribution in [3.63, 3.8) is 0 Å². The van der Waals surface area contributed by atoms with Gasteiger partial charge in [-0.05, 0) is 31.6 Å². The largest absolute Gasteiger partial charge is 0.361 e. The predicted octanol–water partition coefficient (Wildman–Crippen LogP) is 2.04. The molecular formula is C12H16N2O. The molecule has 1 saturated carbocycles. The Balaban J connectivity index is 1.53. The molecule has 1 aromatic heterocycles. The molecule has 0 aliphatic heterocycles. The molecule has 0 spiro atoms. The minimum absolute atomic E-state index is 0.658. The quantitative estimate of drug-likeness (QED) is 0.766. The van der Waals surface area contributed by atoms with Gasteiger partial charge in [-0.15, -0.1) is 0 Å². The maximum absolute atomic E-state index is 5.03. The van der Waals surface area contributed by atoms with Crippen LogP contribution in [0.15, 0.2) is 22.7 Å². The summed E-state index contributed by atoms with van der Waals surface area (Å²) in [5.74, 6) is 2.58. The van der Waals surface area contributed by atoms with E-state index in [0.29, 0.717) is 6.04 Å². The highest BCUT2D eigenvalue weighted by molar-refractivity contribution is 5.13. The number of allylic oxidation sites excluding steroid dienone is 1. The molecule has 2 aliphatic carbocycles. The molecular weight excluding hydrogens is 188 g/mol. The maximum Gasteiger partial charge on any atom is 0.133 e. The van der Waals surface area contributed by atoms with Crippen molar-refractivity contribution in [1.82, 2.24) is 10.5 Å². The average Bonchev–Trinajstić information content (AvgIpc) is 2.75. The molecule has 1 heterocycles. The molecule has 2 aliphatic rings. The minimum atomic E-state index is 0.658. The Labute approximate surface area is 89.5 Å². The Kier molecular flexibility index (Phi) is 2.13. The summed E-state index contributed by atoms with van der Waals surface area (Å²) in [4.78, 5) is 0. The van der Waals surface area contributed by atoms with Crippen LogP contribution in [-0.2, 0) is 6.54 Å². The van der Waals surface area contributed by atoms with E-state index in [1.807, 2.05) is 13.0 Å². The zero-order chi connectivity index (χ0) is 10.3. The second-order valence-electron chi connectivity index (χ2n) is 4.65. The zero-order valence-corrected chi connectivity index (χ0v) is 8.94. The van der Waals surface area contributed by atoms with Gasteiger partial charge in [0.2, 0.25) is 0 Å². The van der Waals surface area contributed by atoms with Gasteiger partial charge in [-0.2, -0.15) is 0 Å². The van der Waals surface area contributed by atoms with Crippen molar-refractivity contribution in [3.8, 4) is 0 Å². The van der Waals surface area contributed by atoms with Crippen molar-refractivity contribution in [2.45, 2.75) is 32.4 Å². The van der Waals surface area contributed by atoms with Crippen molar-refractivity contribution >= 4 is 0 Å². The SMILES string of the molecule is Cc1cc(CNC2CC3CC=CC32)no1. The minimum Gasteiger partial charge on any atom is -0.361 e. The standard InChI is InChI=1S/C12H16N2O/c1-8-5-10(14-15-8)7-13-12-6-9-3-2-4-11(9)12/h2,4-5,9,11-13H,3,6-7H2,1H3. The summed E-state index contributed by atoms with van der Waals surface area (Å²) in [6.07, 6.45) is 7.28. The Hall–Kier alpha value is -1.09. The van der Waals surface area contributed by atoms with Gasteiger partial charge in [0.05, 0.1) is 5.69 Å². The van der Waals surface area contributed by atoms with Gasteiger partial charge < -0.3 is 9.84 Å². The monoisotopic (exact) mass is 204 g/mol. The summed E-state index contributed by atoms with van der Waals surface area (Å²) in [7, 11) is 0. The van der Waals surface area contributed by atoms with Gasteiger partial charge in [0.25, 0.3) is 0 Å². The molecule has 3 rings (SSSR count). The van der Waals surface area contributed by atoms with E-state index in [0.717, 1.165) is 29.8 Å². The molecule has 0 aromatic carbocycles. The third kappa shape index (κ3) is 1.61. The van der Waals surface area contributed by atoms with Crippen molar-refractivity contribution in [2.75, 3.05) is 0 Å². The number of hydrogen-bond acceptors (Lipinski definition) is 3. The van der Waals surface area contributed by atoms with Crippen LogP contribution in [0.2, 0.25) is 0 Å². The van der Waals surface area contributed by atoms with Gasteiger partial charge in [-0.25, -0.2) is 0 Å². The molecule has 0 bridgehead atoms. The number of fused-ring (bicyclic) bond motifs is 1. The molecule has 0 saturated heterocycles. The van der Waals surface area contributed by atoms with Crippen LogP contribution in [0, 0.1) is 18.8 Å². The van der Waals surface area contributed by atoms with Crippen molar-refractivity contribution in [2.24, 2.45) is 11.8 Å². The second-order valence-corrected chi connectivity index (χ2v) is 4.65. The van der Waals surface area contributed by atoms with E-state index in [1.54, 1.807) is 0 Å². The van der Waals surface area contributed by atoms with E-state index in [1.165, 1.54) is 12.8 Å². The van der Waals surface area contributed by atoms with E-state index in [-0.39, 0.29) is 0 Å². The lowest BCUT2D eigenvalue weighted by molar-refractivity contribution is 0.161. The number of aryl methyl sites for hydroxylation is 1. The number of aromatic nitrogens is 1. The fourth-order valence-corrected chi connectivity index (χ4v) is 2.68. The molecule has 3 nitrogen and oxygen atoms in total. The summed E-state index contributed by atoms with van der Waals surface area (Å²) >= 11 is 0. The van der Waals surface area contributed by atoms with Crippen LogP contribution in [0.3, 0.4) is 0 Å². The van der Waals surface area contributed by atoms with Crippen LogP contribution in [0.1, 0.15) is 24.3 Å².